The molecule has 1 saturated heterocycles. The lowest BCUT2D eigenvalue weighted by Crippen LogP contribution is -2.49. The molecule has 1 aliphatic heterocycles. The molecular weight excluding hydrogens is 362 g/mol. The minimum absolute atomic E-state index is 0.0826. The van der Waals surface area contributed by atoms with E-state index in [9.17, 15) is 9.59 Å². The number of piperazine rings is 1. The van der Waals surface area contributed by atoms with E-state index in [2.05, 4.69) is 42.3 Å². The van der Waals surface area contributed by atoms with Crippen molar-refractivity contribution in [3.63, 3.8) is 0 Å². The molecule has 0 spiro atoms. The summed E-state index contributed by atoms with van der Waals surface area (Å²) in [5, 5.41) is 2.96. The summed E-state index contributed by atoms with van der Waals surface area (Å²) in [6.07, 6.45) is 2.02. The summed E-state index contributed by atoms with van der Waals surface area (Å²) >= 11 is 0. The molecule has 2 aliphatic rings. The van der Waals surface area contributed by atoms with E-state index >= 15 is 0 Å². The zero-order chi connectivity index (χ0) is 20.4. The van der Waals surface area contributed by atoms with Gasteiger partial charge >= 0.3 is 0 Å². The Kier molecular flexibility index (Phi) is 5.56. The van der Waals surface area contributed by atoms with Crippen molar-refractivity contribution in [2.75, 3.05) is 31.1 Å². The fraction of sp³-hybridized carbons (Fsp3) is 0.417. The van der Waals surface area contributed by atoms with E-state index < -0.39 is 0 Å². The molecule has 5 heteroatoms. The molecule has 4 rings (SSSR count). The van der Waals surface area contributed by atoms with E-state index in [1.165, 1.54) is 16.8 Å². The van der Waals surface area contributed by atoms with Gasteiger partial charge in [0.2, 0.25) is 5.91 Å². The second kappa shape index (κ2) is 8.27. The van der Waals surface area contributed by atoms with Crippen LogP contribution in [0.4, 0.5) is 5.69 Å². The van der Waals surface area contributed by atoms with Crippen molar-refractivity contribution in [1.29, 1.82) is 0 Å². The van der Waals surface area contributed by atoms with Crippen molar-refractivity contribution < 1.29 is 9.59 Å². The van der Waals surface area contributed by atoms with Crippen LogP contribution in [0.15, 0.2) is 42.5 Å². The quantitative estimate of drug-likeness (QED) is 0.851. The summed E-state index contributed by atoms with van der Waals surface area (Å²) in [5.41, 5.74) is 5.62. The van der Waals surface area contributed by atoms with Gasteiger partial charge < -0.3 is 15.1 Å². The van der Waals surface area contributed by atoms with E-state index in [4.69, 9.17) is 0 Å². The largest absolute Gasteiger partial charge is 0.368 e. The highest BCUT2D eigenvalue weighted by atomic mass is 16.2. The average Bonchev–Trinajstić information content (AvgIpc) is 3.60. The number of nitrogens with one attached hydrogen (secondary N) is 1. The Morgan fingerprint density at radius 3 is 2.31 bits per heavy atom. The first-order valence-corrected chi connectivity index (χ1v) is 10.5. The summed E-state index contributed by atoms with van der Waals surface area (Å²) in [6.45, 7) is 7.98. The number of hydrogen-bond acceptors (Lipinski definition) is 3. The first kappa shape index (κ1) is 19.5. The molecule has 0 radical (unpaired) electrons. The summed E-state index contributed by atoms with van der Waals surface area (Å²) in [7, 11) is 0. The van der Waals surface area contributed by atoms with Gasteiger partial charge in [0, 0.05) is 49.9 Å². The fourth-order valence-electron chi connectivity index (χ4n) is 3.86. The van der Waals surface area contributed by atoms with Gasteiger partial charge in [0.05, 0.1) is 0 Å². The van der Waals surface area contributed by atoms with Gasteiger partial charge in [-0.1, -0.05) is 24.3 Å². The number of hydrogen-bond donors (Lipinski definition) is 1. The van der Waals surface area contributed by atoms with E-state index in [1.54, 1.807) is 0 Å². The molecule has 1 N–H and O–H groups in total. The highest BCUT2D eigenvalue weighted by Crippen LogP contribution is 2.29. The van der Waals surface area contributed by atoms with Crippen LogP contribution in [0.2, 0.25) is 0 Å². The van der Waals surface area contributed by atoms with Crippen LogP contribution in [-0.4, -0.2) is 42.9 Å². The average molecular weight is 392 g/mol. The van der Waals surface area contributed by atoms with Gasteiger partial charge in [-0.15, -0.1) is 0 Å². The van der Waals surface area contributed by atoms with E-state index in [1.807, 2.05) is 29.2 Å². The van der Waals surface area contributed by atoms with E-state index in [0.717, 1.165) is 44.6 Å². The second-order valence-electron chi connectivity index (χ2n) is 8.19. The summed E-state index contributed by atoms with van der Waals surface area (Å²) in [4.78, 5) is 28.9. The van der Waals surface area contributed by atoms with Crippen molar-refractivity contribution in [2.45, 2.75) is 33.2 Å². The Balaban J connectivity index is 1.32. The van der Waals surface area contributed by atoms with Gasteiger partial charge in [0.15, 0.2) is 0 Å². The molecule has 1 saturated carbocycles. The van der Waals surface area contributed by atoms with E-state index in [-0.39, 0.29) is 17.7 Å². The number of nitrogens with zero attached hydrogens (tertiary/aromatic N) is 2. The zero-order valence-electron chi connectivity index (χ0n) is 17.3. The van der Waals surface area contributed by atoms with Gasteiger partial charge in [-0.3, -0.25) is 9.59 Å². The molecule has 2 aromatic carbocycles. The second-order valence-corrected chi connectivity index (χ2v) is 8.19. The zero-order valence-corrected chi connectivity index (χ0v) is 17.3. The smallest absolute Gasteiger partial charge is 0.253 e. The summed E-state index contributed by atoms with van der Waals surface area (Å²) < 4.78 is 0. The minimum Gasteiger partial charge on any atom is -0.368 e. The Labute approximate surface area is 172 Å². The topological polar surface area (TPSA) is 52.6 Å². The number of amides is 2. The Morgan fingerprint density at radius 2 is 1.66 bits per heavy atom. The van der Waals surface area contributed by atoms with Gasteiger partial charge in [0.1, 0.15) is 0 Å². The van der Waals surface area contributed by atoms with Crippen molar-refractivity contribution in [3.05, 3.63) is 64.7 Å². The van der Waals surface area contributed by atoms with Crippen molar-refractivity contribution in [1.82, 2.24) is 10.2 Å². The van der Waals surface area contributed by atoms with Crippen molar-refractivity contribution in [2.24, 2.45) is 5.92 Å². The first-order valence-electron chi connectivity index (χ1n) is 10.5. The van der Waals surface area contributed by atoms with Gasteiger partial charge in [-0.25, -0.2) is 0 Å². The predicted octanol–water partition coefficient (Wildman–Crippen LogP) is 3.29. The monoisotopic (exact) mass is 391 g/mol. The Hall–Kier alpha value is -2.82. The molecular formula is C24H29N3O2. The number of aryl methyl sites for hydroxylation is 1. The molecule has 0 atom stereocenters. The molecule has 1 heterocycles. The molecule has 0 bridgehead atoms. The minimum atomic E-state index is 0.0826. The Morgan fingerprint density at radius 1 is 0.966 bits per heavy atom. The van der Waals surface area contributed by atoms with Crippen LogP contribution in [0, 0.1) is 19.8 Å². The number of rotatable bonds is 5. The van der Waals surface area contributed by atoms with Crippen molar-refractivity contribution >= 4 is 17.5 Å². The number of carbonyl (C=O) groups excluding carboxylic acids is 2. The first-order chi connectivity index (χ1) is 14.0. The summed E-state index contributed by atoms with van der Waals surface area (Å²) in [5.74, 6) is 0.448. The maximum atomic E-state index is 12.9. The number of anilines is 1. The van der Waals surface area contributed by atoms with Crippen LogP contribution in [0.5, 0.6) is 0 Å². The highest BCUT2D eigenvalue weighted by molar-refractivity contribution is 5.94. The van der Waals surface area contributed by atoms with Crippen LogP contribution < -0.4 is 10.2 Å². The molecule has 0 aromatic heterocycles. The lowest BCUT2D eigenvalue weighted by molar-refractivity contribution is -0.122. The molecule has 29 heavy (non-hydrogen) atoms. The molecule has 0 unspecified atom stereocenters. The number of benzene rings is 2. The van der Waals surface area contributed by atoms with Gasteiger partial charge in [-0.05, 0) is 61.6 Å². The predicted molar refractivity (Wildman–Crippen MR) is 115 cm³/mol. The van der Waals surface area contributed by atoms with Gasteiger partial charge in [-0.2, -0.15) is 0 Å². The summed E-state index contributed by atoms with van der Waals surface area (Å²) in [6, 6.07) is 14.0. The molecule has 1 aliphatic carbocycles. The molecule has 152 valence electrons. The molecule has 2 aromatic rings. The number of carbonyl (C=O) groups is 2. The van der Waals surface area contributed by atoms with E-state index in [0.29, 0.717) is 12.1 Å². The third kappa shape index (κ3) is 4.44. The van der Waals surface area contributed by atoms with Crippen LogP contribution in [0.1, 0.15) is 39.9 Å². The van der Waals surface area contributed by atoms with Gasteiger partial charge in [0.25, 0.3) is 5.91 Å². The highest BCUT2D eigenvalue weighted by Gasteiger charge is 2.29. The maximum absolute atomic E-state index is 12.9. The normalized spacial score (nSPS) is 16.6. The van der Waals surface area contributed by atoms with Crippen LogP contribution in [0.3, 0.4) is 0 Å². The molecule has 2 amide bonds. The van der Waals surface area contributed by atoms with Crippen LogP contribution in [-0.2, 0) is 11.3 Å². The third-order valence-electron chi connectivity index (χ3n) is 6.10. The fourth-order valence-corrected chi connectivity index (χ4v) is 3.86. The third-order valence-corrected chi connectivity index (χ3v) is 6.10. The SMILES string of the molecule is Cc1cccc(N2CCN(C(=O)c3ccc(CNC(=O)C4CC4)cc3)CC2)c1C. The standard InChI is InChI=1S/C24H29N3O2/c1-17-4-3-5-22(18(17)2)26-12-14-27(15-13-26)24(29)21-8-6-19(7-9-21)16-25-23(28)20-10-11-20/h3-9,20H,10-16H2,1-2H3,(H,25,28). The molecule has 5 nitrogen and oxygen atoms in total. The van der Waals surface area contributed by atoms with Crippen LogP contribution >= 0.6 is 0 Å². The lowest BCUT2D eigenvalue weighted by Gasteiger charge is -2.37. The Bertz CT molecular complexity index is 895. The van der Waals surface area contributed by atoms with Crippen molar-refractivity contribution in [3.8, 4) is 0 Å². The molecule has 2 fully saturated rings. The lowest BCUT2D eigenvalue weighted by atomic mass is 10.1. The maximum Gasteiger partial charge on any atom is 0.253 e. The van der Waals surface area contributed by atoms with Crippen LogP contribution in [0.25, 0.3) is 0 Å².